The Morgan fingerprint density at radius 1 is 1.14 bits per heavy atom. The first kappa shape index (κ1) is 13.7. The topological polar surface area (TPSA) is 81.8 Å². The molecule has 0 aliphatic heterocycles. The van der Waals surface area contributed by atoms with Gasteiger partial charge in [-0.15, -0.1) is 0 Å². The average Bonchev–Trinajstić information content (AvgIpc) is 2.46. The lowest BCUT2D eigenvalue weighted by Gasteiger charge is -2.06. The lowest BCUT2D eigenvalue weighted by atomic mass is 10.1. The van der Waals surface area contributed by atoms with Gasteiger partial charge in [-0.3, -0.25) is 15.1 Å². The van der Waals surface area contributed by atoms with Crippen molar-refractivity contribution in [3.05, 3.63) is 57.1 Å². The summed E-state index contributed by atoms with van der Waals surface area (Å²) in [7, 11) is 0. The van der Waals surface area contributed by atoms with Gasteiger partial charge in [0, 0.05) is 29.3 Å². The van der Waals surface area contributed by atoms with E-state index in [1.165, 1.54) is 12.1 Å². The van der Waals surface area contributed by atoms with Crippen molar-refractivity contribution >= 4 is 39.8 Å². The highest BCUT2D eigenvalue weighted by atomic mass is 35.5. The zero-order chi connectivity index (χ0) is 15.0. The van der Waals surface area contributed by atoms with Gasteiger partial charge >= 0.3 is 0 Å². The summed E-state index contributed by atoms with van der Waals surface area (Å²) in [5.41, 5.74) is 1.43. The molecule has 3 rings (SSSR count). The van der Waals surface area contributed by atoms with Gasteiger partial charge in [0.2, 0.25) is 5.28 Å². The van der Waals surface area contributed by atoms with Crippen molar-refractivity contribution in [3.8, 4) is 11.3 Å². The van der Waals surface area contributed by atoms with Crippen LogP contribution in [0, 0.1) is 10.1 Å². The van der Waals surface area contributed by atoms with E-state index in [1.807, 2.05) is 0 Å². The van der Waals surface area contributed by atoms with Crippen molar-refractivity contribution < 1.29 is 4.92 Å². The Morgan fingerprint density at radius 2 is 1.95 bits per heavy atom. The van der Waals surface area contributed by atoms with E-state index in [0.717, 1.165) is 0 Å². The molecule has 6 nitrogen and oxygen atoms in total. The molecule has 0 saturated heterocycles. The molecule has 8 heteroatoms. The van der Waals surface area contributed by atoms with E-state index in [4.69, 9.17) is 23.2 Å². The molecular formula is C13H6Cl2N4O2. The third-order valence-corrected chi connectivity index (χ3v) is 3.33. The third kappa shape index (κ3) is 2.51. The van der Waals surface area contributed by atoms with Crippen molar-refractivity contribution in [2.24, 2.45) is 0 Å². The number of hydrogen-bond donors (Lipinski definition) is 0. The Bertz CT molecular complexity index is 870. The number of nitro benzene ring substituents is 1. The summed E-state index contributed by atoms with van der Waals surface area (Å²) in [4.78, 5) is 22.6. The van der Waals surface area contributed by atoms with Crippen LogP contribution in [-0.2, 0) is 0 Å². The van der Waals surface area contributed by atoms with Crippen LogP contribution in [0.25, 0.3) is 22.2 Å². The standard InChI is InChI=1S/C13H6Cl2N4O2/c14-12-9-4-5-16-10(11(9)17-13(15)18-12)7-2-1-3-8(6-7)19(20)21/h1-6H. The van der Waals surface area contributed by atoms with Gasteiger partial charge in [0.25, 0.3) is 5.69 Å². The van der Waals surface area contributed by atoms with Crippen LogP contribution in [0.2, 0.25) is 10.4 Å². The molecule has 0 radical (unpaired) electrons. The Hall–Kier alpha value is -2.31. The Morgan fingerprint density at radius 3 is 2.71 bits per heavy atom. The molecule has 0 saturated carbocycles. The van der Waals surface area contributed by atoms with Crippen LogP contribution in [0.5, 0.6) is 0 Å². The molecule has 0 aliphatic rings. The smallest absolute Gasteiger partial charge is 0.258 e. The summed E-state index contributed by atoms with van der Waals surface area (Å²) in [6, 6.07) is 7.78. The van der Waals surface area contributed by atoms with E-state index >= 15 is 0 Å². The molecule has 21 heavy (non-hydrogen) atoms. The quantitative estimate of drug-likeness (QED) is 0.309. The van der Waals surface area contributed by atoms with Crippen LogP contribution in [0.3, 0.4) is 0 Å². The molecule has 0 atom stereocenters. The van der Waals surface area contributed by atoms with Crippen LogP contribution < -0.4 is 0 Å². The lowest BCUT2D eigenvalue weighted by molar-refractivity contribution is -0.384. The third-order valence-electron chi connectivity index (χ3n) is 2.87. The normalized spacial score (nSPS) is 10.8. The fourth-order valence-corrected chi connectivity index (χ4v) is 2.41. The van der Waals surface area contributed by atoms with Crippen LogP contribution in [0.15, 0.2) is 36.5 Å². The fraction of sp³-hybridized carbons (Fsp3) is 0. The van der Waals surface area contributed by atoms with E-state index in [9.17, 15) is 10.1 Å². The average molecular weight is 321 g/mol. The second-order valence-electron chi connectivity index (χ2n) is 4.15. The van der Waals surface area contributed by atoms with Gasteiger partial charge in [-0.25, -0.2) is 9.97 Å². The maximum atomic E-state index is 10.9. The molecular weight excluding hydrogens is 315 g/mol. The molecule has 0 aliphatic carbocycles. The molecule has 0 spiro atoms. The van der Waals surface area contributed by atoms with Gasteiger partial charge in [-0.2, -0.15) is 0 Å². The molecule has 3 aromatic rings. The van der Waals surface area contributed by atoms with Gasteiger partial charge in [0.1, 0.15) is 10.7 Å². The molecule has 0 unspecified atom stereocenters. The molecule has 104 valence electrons. The summed E-state index contributed by atoms with van der Waals surface area (Å²) in [5.74, 6) is 0. The zero-order valence-electron chi connectivity index (χ0n) is 10.3. The summed E-state index contributed by atoms with van der Waals surface area (Å²) in [5, 5.41) is 11.7. The van der Waals surface area contributed by atoms with E-state index < -0.39 is 4.92 Å². The molecule has 2 aromatic heterocycles. The Kier molecular flexibility index (Phi) is 3.40. The minimum Gasteiger partial charge on any atom is -0.258 e. The lowest BCUT2D eigenvalue weighted by Crippen LogP contribution is -1.94. The van der Waals surface area contributed by atoms with Crippen molar-refractivity contribution in [1.82, 2.24) is 15.0 Å². The minimum absolute atomic E-state index is 0.00724. The van der Waals surface area contributed by atoms with Gasteiger partial charge in [-0.1, -0.05) is 23.7 Å². The fourth-order valence-electron chi connectivity index (χ4n) is 1.97. The second-order valence-corrected chi connectivity index (χ2v) is 4.84. The minimum atomic E-state index is -0.469. The summed E-state index contributed by atoms with van der Waals surface area (Å²) >= 11 is 11.9. The van der Waals surface area contributed by atoms with Gasteiger partial charge in [0.15, 0.2) is 0 Å². The first-order chi connectivity index (χ1) is 10.1. The Labute approximate surface area is 128 Å². The SMILES string of the molecule is O=[N+]([O-])c1cccc(-c2nccc3c(Cl)nc(Cl)nc23)c1. The molecule has 1 aromatic carbocycles. The molecule has 0 bridgehead atoms. The highest BCUT2D eigenvalue weighted by molar-refractivity contribution is 6.36. The number of pyridine rings is 1. The highest BCUT2D eigenvalue weighted by Gasteiger charge is 2.14. The van der Waals surface area contributed by atoms with Crippen LogP contribution in [0.4, 0.5) is 5.69 Å². The van der Waals surface area contributed by atoms with Crippen molar-refractivity contribution in [2.75, 3.05) is 0 Å². The maximum Gasteiger partial charge on any atom is 0.270 e. The first-order valence-electron chi connectivity index (χ1n) is 5.79. The number of rotatable bonds is 2. The Balaban J connectivity index is 2.30. The molecule has 0 amide bonds. The number of benzene rings is 1. The van der Waals surface area contributed by atoms with Crippen LogP contribution in [0.1, 0.15) is 0 Å². The highest BCUT2D eigenvalue weighted by Crippen LogP contribution is 2.30. The van der Waals surface area contributed by atoms with Crippen LogP contribution >= 0.6 is 23.2 Å². The maximum absolute atomic E-state index is 10.9. The summed E-state index contributed by atoms with van der Waals surface area (Å²) in [6.45, 7) is 0. The monoisotopic (exact) mass is 320 g/mol. The van der Waals surface area contributed by atoms with Crippen molar-refractivity contribution in [1.29, 1.82) is 0 Å². The molecule has 2 heterocycles. The first-order valence-corrected chi connectivity index (χ1v) is 6.54. The van der Waals surface area contributed by atoms with E-state index in [-0.39, 0.29) is 16.1 Å². The van der Waals surface area contributed by atoms with Gasteiger partial charge < -0.3 is 0 Å². The largest absolute Gasteiger partial charge is 0.270 e. The second kappa shape index (κ2) is 5.23. The number of aromatic nitrogens is 3. The summed E-state index contributed by atoms with van der Waals surface area (Å²) in [6.07, 6.45) is 1.54. The van der Waals surface area contributed by atoms with E-state index in [1.54, 1.807) is 24.4 Å². The number of fused-ring (bicyclic) bond motifs is 1. The van der Waals surface area contributed by atoms with Crippen molar-refractivity contribution in [2.45, 2.75) is 0 Å². The predicted molar refractivity (Wildman–Crippen MR) is 79.4 cm³/mol. The number of halogens is 2. The number of nitro groups is 1. The predicted octanol–water partition coefficient (Wildman–Crippen LogP) is 3.91. The number of nitrogens with zero attached hydrogens (tertiary/aromatic N) is 4. The number of hydrogen-bond acceptors (Lipinski definition) is 5. The molecule has 0 N–H and O–H groups in total. The van der Waals surface area contributed by atoms with Gasteiger partial charge in [0.05, 0.1) is 10.6 Å². The van der Waals surface area contributed by atoms with E-state index in [2.05, 4.69) is 15.0 Å². The van der Waals surface area contributed by atoms with Crippen LogP contribution in [-0.4, -0.2) is 19.9 Å². The van der Waals surface area contributed by atoms with Gasteiger partial charge in [-0.05, 0) is 17.7 Å². The van der Waals surface area contributed by atoms with Crippen molar-refractivity contribution in [3.63, 3.8) is 0 Å². The molecule has 0 fully saturated rings. The van der Waals surface area contributed by atoms with E-state index in [0.29, 0.717) is 22.2 Å². The number of non-ortho nitro benzene ring substituents is 1. The zero-order valence-corrected chi connectivity index (χ0v) is 11.8. The summed E-state index contributed by atoms with van der Waals surface area (Å²) < 4.78 is 0.